The lowest BCUT2D eigenvalue weighted by Gasteiger charge is -2.14. The van der Waals surface area contributed by atoms with Crippen LogP contribution in [0.5, 0.6) is 11.5 Å². The van der Waals surface area contributed by atoms with Gasteiger partial charge in [0.15, 0.2) is 12.4 Å². The molecule has 0 spiro atoms. The molecule has 4 rings (SSSR count). The number of hydrogen-bond donors (Lipinski definition) is 4. The fourth-order valence-corrected chi connectivity index (χ4v) is 3.74. The van der Waals surface area contributed by atoms with Crippen molar-refractivity contribution in [2.75, 3.05) is 24.3 Å². The smallest absolute Gasteiger partial charge is 0.258 e. The summed E-state index contributed by atoms with van der Waals surface area (Å²) in [6.07, 6.45) is 1.21. The van der Waals surface area contributed by atoms with Gasteiger partial charge < -0.3 is 31.3 Å². The zero-order valence-electron chi connectivity index (χ0n) is 21.0. The molecule has 1 heterocycles. The molecule has 4 aromatic rings. The molecule has 9 nitrogen and oxygen atoms in total. The highest BCUT2D eigenvalue weighted by atomic mass is 16.5. The van der Waals surface area contributed by atoms with E-state index in [0.717, 1.165) is 22.2 Å². The summed E-state index contributed by atoms with van der Waals surface area (Å²) in [6, 6.07) is 18.4. The van der Waals surface area contributed by atoms with Crippen LogP contribution in [0.15, 0.2) is 60.7 Å². The van der Waals surface area contributed by atoms with Crippen molar-refractivity contribution in [3.05, 3.63) is 66.2 Å². The van der Waals surface area contributed by atoms with Crippen LogP contribution in [0.4, 0.5) is 17.2 Å². The summed E-state index contributed by atoms with van der Waals surface area (Å²) in [4.78, 5) is 21.6. The lowest BCUT2D eigenvalue weighted by molar-refractivity contribution is -0.123. The van der Waals surface area contributed by atoms with Gasteiger partial charge in [-0.05, 0) is 69.3 Å². The third kappa shape index (κ3) is 6.32. The lowest BCUT2D eigenvalue weighted by atomic mass is 10.1. The van der Waals surface area contributed by atoms with Gasteiger partial charge in [0.25, 0.3) is 5.91 Å². The van der Waals surface area contributed by atoms with Gasteiger partial charge in [-0.3, -0.25) is 4.79 Å². The Balaban J connectivity index is 1.72. The highest BCUT2D eigenvalue weighted by Gasteiger charge is 2.13. The van der Waals surface area contributed by atoms with E-state index in [9.17, 15) is 4.79 Å². The summed E-state index contributed by atoms with van der Waals surface area (Å²) in [7, 11) is 0. The van der Waals surface area contributed by atoms with Crippen LogP contribution < -0.4 is 25.8 Å². The van der Waals surface area contributed by atoms with Gasteiger partial charge in [-0.1, -0.05) is 12.1 Å². The number of nitrogens with one attached hydrogen (secondary N) is 3. The number of amides is 1. The fraction of sp³-hybridized carbons (Fsp3) is 0.214. The van der Waals surface area contributed by atoms with Crippen LogP contribution >= 0.6 is 0 Å². The maximum absolute atomic E-state index is 12.0. The van der Waals surface area contributed by atoms with Crippen molar-refractivity contribution in [2.24, 2.45) is 0 Å². The first kappa shape index (κ1) is 25.4. The third-order valence-electron chi connectivity index (χ3n) is 5.40. The van der Waals surface area contributed by atoms with Crippen molar-refractivity contribution in [1.29, 1.82) is 5.41 Å². The van der Waals surface area contributed by atoms with Crippen LogP contribution in [-0.2, 0) is 4.79 Å². The minimum absolute atomic E-state index is 0.0405. The number of ether oxygens (including phenoxy) is 2. The van der Waals surface area contributed by atoms with E-state index in [1.54, 1.807) is 24.3 Å². The predicted molar refractivity (Wildman–Crippen MR) is 147 cm³/mol. The largest absolute Gasteiger partial charge is 0.494 e. The summed E-state index contributed by atoms with van der Waals surface area (Å²) in [6.45, 7) is 6.18. The maximum atomic E-state index is 12.0. The average Bonchev–Trinajstić information content (AvgIpc) is 2.88. The Labute approximate surface area is 215 Å². The van der Waals surface area contributed by atoms with Gasteiger partial charge in [-0.25, -0.2) is 9.97 Å². The number of benzene rings is 3. The van der Waals surface area contributed by atoms with E-state index in [-0.39, 0.29) is 18.6 Å². The highest BCUT2D eigenvalue weighted by Crippen LogP contribution is 2.31. The molecular weight excluding hydrogens is 468 g/mol. The summed E-state index contributed by atoms with van der Waals surface area (Å²) >= 11 is 0. The molecule has 9 heteroatoms. The Morgan fingerprint density at radius 3 is 2.62 bits per heavy atom. The minimum atomic E-state index is -0.188. The van der Waals surface area contributed by atoms with Crippen molar-refractivity contribution >= 4 is 40.2 Å². The van der Waals surface area contributed by atoms with Crippen LogP contribution in [0.1, 0.15) is 26.3 Å². The molecule has 0 saturated carbocycles. The molecule has 0 radical (unpaired) electrons. The van der Waals surface area contributed by atoms with Crippen LogP contribution in [0.2, 0.25) is 0 Å². The highest BCUT2D eigenvalue weighted by molar-refractivity contribution is 5.94. The maximum Gasteiger partial charge on any atom is 0.258 e. The van der Waals surface area contributed by atoms with E-state index < -0.39 is 0 Å². The molecule has 1 amide bonds. The first-order valence-electron chi connectivity index (χ1n) is 12.0. The molecule has 0 atom stereocenters. The molecule has 1 aromatic heterocycles. The Morgan fingerprint density at radius 2 is 1.86 bits per heavy atom. The van der Waals surface area contributed by atoms with E-state index in [1.165, 1.54) is 6.21 Å². The second-order valence-corrected chi connectivity index (χ2v) is 8.66. The number of nitrogens with two attached hydrogens (primary N) is 1. The van der Waals surface area contributed by atoms with Gasteiger partial charge in [0.05, 0.1) is 12.1 Å². The van der Waals surface area contributed by atoms with Crippen LogP contribution in [-0.4, -0.2) is 41.3 Å². The van der Waals surface area contributed by atoms with Crippen molar-refractivity contribution in [1.82, 2.24) is 15.3 Å². The number of aromatic nitrogens is 2. The molecule has 0 fully saturated rings. The Bertz CT molecular complexity index is 1440. The van der Waals surface area contributed by atoms with Crippen molar-refractivity contribution < 1.29 is 14.3 Å². The van der Waals surface area contributed by atoms with E-state index in [1.807, 2.05) is 57.2 Å². The molecular formula is C28H30N6O3. The number of carbonyl (C=O) groups is 1. The van der Waals surface area contributed by atoms with Crippen LogP contribution in [0, 0.1) is 5.41 Å². The van der Waals surface area contributed by atoms with E-state index in [0.29, 0.717) is 41.0 Å². The number of nitrogen functional groups attached to an aromatic ring is 1. The van der Waals surface area contributed by atoms with Crippen LogP contribution in [0.3, 0.4) is 0 Å². The van der Waals surface area contributed by atoms with Gasteiger partial charge >= 0.3 is 0 Å². The number of rotatable bonds is 10. The van der Waals surface area contributed by atoms with Crippen molar-refractivity contribution in [3.8, 4) is 22.9 Å². The zero-order valence-corrected chi connectivity index (χ0v) is 21.0. The molecule has 0 aliphatic rings. The number of anilines is 3. The fourth-order valence-electron chi connectivity index (χ4n) is 3.74. The topological polar surface area (TPSA) is 135 Å². The molecule has 0 bridgehead atoms. The quantitative estimate of drug-likeness (QED) is 0.180. The number of fused-ring (bicyclic) bond motifs is 1. The molecule has 0 unspecified atom stereocenters. The molecule has 0 saturated heterocycles. The number of carbonyl (C=O) groups excluding carboxylic acids is 1. The summed E-state index contributed by atoms with van der Waals surface area (Å²) < 4.78 is 11.4. The average molecular weight is 499 g/mol. The Hall–Kier alpha value is -4.66. The van der Waals surface area contributed by atoms with Crippen molar-refractivity contribution in [2.45, 2.75) is 26.8 Å². The summed E-state index contributed by atoms with van der Waals surface area (Å²) in [5.74, 6) is 2.12. The molecule has 190 valence electrons. The lowest BCUT2D eigenvalue weighted by Crippen LogP contribution is -2.34. The van der Waals surface area contributed by atoms with E-state index >= 15 is 0 Å². The standard InChI is InChI=1S/C28H30N6O3/c1-4-36-22-9-11-25-23(14-22)28(32-20-8-10-24(30)19(12-20)15-29)34-27(33-25)18-6-5-7-21(13-18)37-16-26(35)31-17(2)3/h5-15,17,29H,4,16,30H2,1-3H3,(H,31,35)(H,32,33,34). The number of nitrogens with zero attached hydrogens (tertiary/aromatic N) is 2. The normalized spacial score (nSPS) is 10.8. The first-order chi connectivity index (χ1) is 17.9. The van der Waals surface area contributed by atoms with E-state index in [4.69, 9.17) is 30.6 Å². The van der Waals surface area contributed by atoms with Gasteiger partial charge in [0.1, 0.15) is 17.3 Å². The second kappa shape index (κ2) is 11.4. The molecule has 0 aliphatic heterocycles. The second-order valence-electron chi connectivity index (χ2n) is 8.66. The Kier molecular flexibility index (Phi) is 7.83. The van der Waals surface area contributed by atoms with Gasteiger partial charge in [0, 0.05) is 40.1 Å². The van der Waals surface area contributed by atoms with Crippen LogP contribution in [0.25, 0.3) is 22.3 Å². The number of hydrogen-bond acceptors (Lipinski definition) is 8. The van der Waals surface area contributed by atoms with Crippen molar-refractivity contribution in [3.63, 3.8) is 0 Å². The minimum Gasteiger partial charge on any atom is -0.494 e. The molecule has 0 aliphatic carbocycles. The van der Waals surface area contributed by atoms with Gasteiger partial charge in [0.2, 0.25) is 0 Å². The Morgan fingerprint density at radius 1 is 1.05 bits per heavy atom. The van der Waals surface area contributed by atoms with E-state index in [2.05, 4.69) is 10.6 Å². The third-order valence-corrected chi connectivity index (χ3v) is 5.40. The predicted octanol–water partition coefficient (Wildman–Crippen LogP) is 4.92. The molecule has 37 heavy (non-hydrogen) atoms. The molecule has 3 aromatic carbocycles. The summed E-state index contributed by atoms with van der Waals surface area (Å²) in [5, 5.41) is 14.6. The SMILES string of the molecule is CCOc1ccc2nc(-c3cccc(OCC(=O)NC(C)C)c3)nc(Nc3ccc(N)c(C=N)c3)c2c1. The molecule has 5 N–H and O–H groups in total. The monoisotopic (exact) mass is 498 g/mol. The summed E-state index contributed by atoms with van der Waals surface area (Å²) in [5.41, 5.74) is 9.27. The zero-order chi connectivity index (χ0) is 26.4. The van der Waals surface area contributed by atoms with Gasteiger partial charge in [-0.15, -0.1) is 0 Å². The first-order valence-corrected chi connectivity index (χ1v) is 12.0. The van der Waals surface area contributed by atoms with Gasteiger partial charge in [-0.2, -0.15) is 0 Å².